The smallest absolute Gasteiger partial charge is 0.251 e. The lowest BCUT2D eigenvalue weighted by atomic mass is 9.65. The fraction of sp³-hybridized carbons (Fsp3) is 0.472. The number of nitrogens with zero attached hydrogens (tertiary/aromatic N) is 3. The number of unbranched alkanes of at least 4 members (excludes halogenated alkanes) is 2. The molecule has 9 heteroatoms. The van der Waals surface area contributed by atoms with Gasteiger partial charge in [0, 0.05) is 38.0 Å². The number of carbonyl (C=O) groups is 3. The molecule has 1 N–H and O–H groups in total. The number of amides is 3. The summed E-state index contributed by atoms with van der Waals surface area (Å²) in [4.78, 5) is 49.4. The van der Waals surface area contributed by atoms with Gasteiger partial charge in [-0.15, -0.1) is 24.9 Å². The number of para-hydroxylation sites is 1. The molecule has 3 amide bonds. The van der Waals surface area contributed by atoms with Crippen LogP contribution in [0.1, 0.15) is 43.7 Å². The Morgan fingerprint density at radius 3 is 2.47 bits per heavy atom. The fourth-order valence-electron chi connectivity index (χ4n) is 7.83. The van der Waals surface area contributed by atoms with Gasteiger partial charge in [-0.25, -0.2) is 0 Å². The molecule has 7 nitrogen and oxygen atoms in total. The number of hydrogen-bond acceptors (Lipinski definition) is 5. The van der Waals surface area contributed by atoms with Crippen molar-refractivity contribution in [3.8, 4) is 0 Å². The van der Waals surface area contributed by atoms with Crippen molar-refractivity contribution < 1.29 is 19.5 Å². The molecule has 0 saturated carbocycles. The molecule has 3 aliphatic rings. The molecule has 45 heavy (non-hydrogen) atoms. The van der Waals surface area contributed by atoms with Gasteiger partial charge in [0.05, 0.1) is 27.3 Å². The molecule has 240 valence electrons. The quantitative estimate of drug-likeness (QED) is 0.204. The summed E-state index contributed by atoms with van der Waals surface area (Å²) >= 11 is 8.39. The molecule has 3 unspecified atom stereocenters. The molecule has 2 bridgehead atoms. The molecule has 0 aromatic heterocycles. The number of halogens is 1. The Hall–Kier alpha value is -3.07. The lowest BCUT2D eigenvalue weighted by molar-refractivity contribution is -0.144. The number of likely N-dealkylation sites (tertiary alicyclic amines) is 1. The summed E-state index contributed by atoms with van der Waals surface area (Å²) in [6, 6.07) is 14.6. The van der Waals surface area contributed by atoms with E-state index in [4.69, 9.17) is 11.6 Å². The first-order valence-electron chi connectivity index (χ1n) is 15.9. The van der Waals surface area contributed by atoms with Crippen LogP contribution in [0.4, 0.5) is 5.69 Å². The molecule has 0 radical (unpaired) electrons. The van der Waals surface area contributed by atoms with Crippen LogP contribution in [0, 0.1) is 24.7 Å². The second kappa shape index (κ2) is 14.1. The Balaban J connectivity index is 1.56. The van der Waals surface area contributed by atoms with Crippen LogP contribution in [0.15, 0.2) is 73.8 Å². The minimum atomic E-state index is -0.760. The van der Waals surface area contributed by atoms with Gasteiger partial charge in [0.2, 0.25) is 11.8 Å². The van der Waals surface area contributed by atoms with E-state index in [9.17, 15) is 19.5 Å². The molecule has 2 aromatic carbocycles. The second-order valence-corrected chi connectivity index (χ2v) is 14.5. The van der Waals surface area contributed by atoms with Gasteiger partial charge < -0.3 is 19.8 Å². The summed E-state index contributed by atoms with van der Waals surface area (Å²) in [6.45, 7) is 13.4. The van der Waals surface area contributed by atoms with Gasteiger partial charge >= 0.3 is 0 Å². The highest BCUT2D eigenvalue weighted by Crippen LogP contribution is 2.69. The van der Waals surface area contributed by atoms with Crippen LogP contribution in [0.2, 0.25) is 5.02 Å². The molecule has 2 aromatic rings. The largest absolute Gasteiger partial charge is 0.396 e. The highest BCUT2D eigenvalue weighted by Gasteiger charge is 2.76. The Morgan fingerprint density at radius 2 is 1.80 bits per heavy atom. The molecule has 3 heterocycles. The van der Waals surface area contributed by atoms with Crippen LogP contribution >= 0.6 is 23.4 Å². The molecule has 0 aliphatic carbocycles. The first-order valence-corrected chi connectivity index (χ1v) is 17.2. The van der Waals surface area contributed by atoms with Crippen molar-refractivity contribution in [3.63, 3.8) is 0 Å². The van der Waals surface area contributed by atoms with Gasteiger partial charge in [-0.2, -0.15) is 0 Å². The number of aliphatic hydroxyl groups excluding tert-OH is 1. The van der Waals surface area contributed by atoms with E-state index in [1.807, 2.05) is 49.4 Å². The lowest BCUT2D eigenvalue weighted by Crippen LogP contribution is -2.57. The Labute approximate surface area is 276 Å². The van der Waals surface area contributed by atoms with Crippen molar-refractivity contribution in [2.24, 2.45) is 17.8 Å². The van der Waals surface area contributed by atoms with Crippen LogP contribution in [-0.2, 0) is 20.9 Å². The normalized spacial score (nSPS) is 26.5. The van der Waals surface area contributed by atoms with Gasteiger partial charge in [0.1, 0.15) is 6.04 Å². The van der Waals surface area contributed by atoms with Crippen LogP contribution in [0.3, 0.4) is 0 Å². The molecule has 3 saturated heterocycles. The Morgan fingerprint density at radius 1 is 1.07 bits per heavy atom. The number of benzene rings is 2. The summed E-state index contributed by atoms with van der Waals surface area (Å²) in [5.74, 6) is -1.47. The van der Waals surface area contributed by atoms with Crippen molar-refractivity contribution >= 4 is 46.8 Å². The zero-order valence-electron chi connectivity index (χ0n) is 26.2. The van der Waals surface area contributed by atoms with Gasteiger partial charge in [0.15, 0.2) is 0 Å². The predicted octanol–water partition coefficient (Wildman–Crippen LogP) is 5.88. The number of rotatable bonds is 14. The van der Waals surface area contributed by atoms with Crippen molar-refractivity contribution in [1.82, 2.24) is 9.80 Å². The molecule has 3 fully saturated rings. The summed E-state index contributed by atoms with van der Waals surface area (Å²) < 4.78 is -0.753. The highest BCUT2D eigenvalue weighted by molar-refractivity contribution is 8.02. The van der Waals surface area contributed by atoms with Gasteiger partial charge in [0.25, 0.3) is 5.91 Å². The number of anilines is 1. The van der Waals surface area contributed by atoms with E-state index < -0.39 is 22.6 Å². The minimum Gasteiger partial charge on any atom is -0.396 e. The Kier molecular flexibility index (Phi) is 10.5. The average Bonchev–Trinajstić information content (AvgIpc) is 3.62. The molecular weight excluding hydrogens is 606 g/mol. The van der Waals surface area contributed by atoms with E-state index in [1.54, 1.807) is 44.7 Å². The van der Waals surface area contributed by atoms with E-state index in [2.05, 4.69) is 20.1 Å². The summed E-state index contributed by atoms with van der Waals surface area (Å²) in [7, 11) is 0. The maximum atomic E-state index is 15.0. The number of hydrogen-bond donors (Lipinski definition) is 1. The van der Waals surface area contributed by atoms with Gasteiger partial charge in [-0.1, -0.05) is 73.1 Å². The van der Waals surface area contributed by atoms with Crippen molar-refractivity contribution in [3.05, 3.63) is 90.0 Å². The standard InChI is InChI=1S/C36H44ClN3O4S/c1-5-18-38(23-26-15-9-7-10-16-26)33(42)29-28-22-25(4)36(45-28)30(29)34(43)40(20-11-8-12-21-41)32(36)35(44)39(19-6-2)31-24(3)14-13-17-27(31)37/h5-7,9-10,13-17,25,28-30,32,41H,1-2,8,11-12,18-23H2,3-4H3/t25?,28-,29+,30-,32?,36?/m0/s1. The Bertz CT molecular complexity index is 1420. The number of aryl methyl sites for hydroxylation is 1. The molecule has 1 spiro atoms. The number of thioether (sulfide) groups is 1. The van der Waals surface area contributed by atoms with Gasteiger partial charge in [-0.05, 0) is 55.7 Å². The fourth-order valence-corrected chi connectivity index (χ4v) is 10.6. The maximum Gasteiger partial charge on any atom is 0.251 e. The van der Waals surface area contributed by atoms with E-state index in [1.165, 1.54) is 0 Å². The van der Waals surface area contributed by atoms with Crippen LogP contribution in [0.5, 0.6) is 0 Å². The van der Waals surface area contributed by atoms with Crippen LogP contribution < -0.4 is 4.90 Å². The highest BCUT2D eigenvalue weighted by atomic mass is 35.5. The predicted molar refractivity (Wildman–Crippen MR) is 182 cm³/mol. The molecule has 6 atom stereocenters. The third-order valence-electron chi connectivity index (χ3n) is 9.74. The topological polar surface area (TPSA) is 81.2 Å². The molecule has 3 aliphatic heterocycles. The monoisotopic (exact) mass is 649 g/mol. The third-order valence-corrected chi connectivity index (χ3v) is 12.1. The first-order chi connectivity index (χ1) is 21.7. The van der Waals surface area contributed by atoms with E-state index in [-0.39, 0.29) is 42.0 Å². The van der Waals surface area contributed by atoms with Crippen molar-refractivity contribution in [2.75, 3.05) is 31.1 Å². The third kappa shape index (κ3) is 5.97. The minimum absolute atomic E-state index is 0.0433. The van der Waals surface area contributed by atoms with Crippen molar-refractivity contribution in [2.45, 2.75) is 62.1 Å². The number of aliphatic hydroxyl groups is 1. The first kappa shape index (κ1) is 33.3. The van der Waals surface area contributed by atoms with Gasteiger partial charge in [-0.3, -0.25) is 14.4 Å². The molecular formula is C36H44ClN3O4S. The van der Waals surface area contributed by atoms with E-state index >= 15 is 0 Å². The zero-order valence-corrected chi connectivity index (χ0v) is 27.8. The lowest BCUT2D eigenvalue weighted by Gasteiger charge is -2.41. The zero-order chi connectivity index (χ0) is 32.3. The van der Waals surface area contributed by atoms with Crippen LogP contribution in [-0.4, -0.2) is 74.9 Å². The summed E-state index contributed by atoms with van der Waals surface area (Å²) in [5.41, 5.74) is 2.49. The number of fused-ring (bicyclic) bond motifs is 1. The van der Waals surface area contributed by atoms with Crippen molar-refractivity contribution in [1.29, 1.82) is 0 Å². The maximum absolute atomic E-state index is 15.0. The summed E-state index contributed by atoms with van der Waals surface area (Å²) in [5, 5.41) is 9.79. The summed E-state index contributed by atoms with van der Waals surface area (Å²) in [6.07, 6.45) is 6.19. The second-order valence-electron chi connectivity index (χ2n) is 12.5. The van der Waals surface area contributed by atoms with E-state index in [0.717, 1.165) is 24.0 Å². The number of carbonyl (C=O) groups excluding carboxylic acids is 3. The molecule has 5 rings (SSSR count). The van der Waals surface area contributed by atoms with E-state index in [0.29, 0.717) is 43.2 Å². The van der Waals surface area contributed by atoms with Crippen LogP contribution in [0.25, 0.3) is 0 Å². The average molecular weight is 650 g/mol. The SMILES string of the molecule is C=CCN(Cc1ccccc1)C(=O)[C@@H]1[C@@H]2CC(C)C3(S2)C(C(=O)N(CC=C)c2c(C)cccc2Cl)N(CCCCCO)C(=O)[C@H]13.